The fourth-order valence-corrected chi connectivity index (χ4v) is 3.54. The third-order valence-electron chi connectivity index (χ3n) is 5.57. The monoisotopic (exact) mass is 366 g/mol. The maximum atomic E-state index is 6.52. The lowest BCUT2D eigenvalue weighted by Crippen LogP contribution is -2.15. The largest absolute Gasteiger partial charge is 0.366 e. The molecule has 0 radical (unpaired) electrons. The van der Waals surface area contributed by atoms with Gasteiger partial charge >= 0.3 is 0 Å². The molecule has 0 bridgehead atoms. The van der Waals surface area contributed by atoms with Crippen LogP contribution in [0.5, 0.6) is 0 Å². The highest BCUT2D eigenvalue weighted by Gasteiger charge is 2.21. The Balaban J connectivity index is 2.30. The maximum Gasteiger partial charge on any atom is 0.0807 e. The van der Waals surface area contributed by atoms with Gasteiger partial charge in [-0.15, -0.1) is 0 Å². The standard InChI is InChI=1S/C26H38O/c1-17-11-13-21(25(5,6)7)15-23(17)19(3)27-20(4)24-16-22(26(8,9)10)14-12-18(24)2/h11-16,19-20H,1-10H3. The second kappa shape index (κ2) is 7.80. The van der Waals surface area contributed by atoms with E-state index in [2.05, 4.69) is 106 Å². The molecule has 148 valence electrons. The Morgan fingerprint density at radius 2 is 0.963 bits per heavy atom. The van der Waals surface area contributed by atoms with E-state index in [9.17, 15) is 0 Å². The molecule has 0 aliphatic rings. The van der Waals surface area contributed by atoms with Crippen molar-refractivity contribution < 1.29 is 4.74 Å². The van der Waals surface area contributed by atoms with E-state index in [4.69, 9.17) is 4.74 Å². The summed E-state index contributed by atoms with van der Waals surface area (Å²) >= 11 is 0. The maximum absolute atomic E-state index is 6.52. The number of hydrogen-bond acceptors (Lipinski definition) is 1. The Kier molecular flexibility index (Phi) is 6.26. The van der Waals surface area contributed by atoms with E-state index < -0.39 is 0 Å². The smallest absolute Gasteiger partial charge is 0.0807 e. The molecule has 0 N–H and O–H groups in total. The molecule has 2 aromatic rings. The summed E-state index contributed by atoms with van der Waals surface area (Å²) in [4.78, 5) is 0. The lowest BCUT2D eigenvalue weighted by Gasteiger charge is -2.27. The minimum absolute atomic E-state index is 0.0555. The van der Waals surface area contributed by atoms with Gasteiger partial charge in [-0.05, 0) is 71.9 Å². The van der Waals surface area contributed by atoms with E-state index >= 15 is 0 Å². The number of hydrogen-bond donors (Lipinski definition) is 0. The summed E-state index contributed by atoms with van der Waals surface area (Å²) in [6, 6.07) is 13.6. The molecule has 0 saturated heterocycles. The van der Waals surface area contributed by atoms with Crippen LogP contribution in [0, 0.1) is 13.8 Å². The molecule has 0 amide bonds. The molecule has 0 heterocycles. The highest BCUT2D eigenvalue weighted by molar-refractivity contribution is 5.37. The van der Waals surface area contributed by atoms with Gasteiger partial charge in [-0.25, -0.2) is 0 Å². The van der Waals surface area contributed by atoms with Gasteiger partial charge in [-0.2, -0.15) is 0 Å². The van der Waals surface area contributed by atoms with E-state index in [1.54, 1.807) is 0 Å². The minimum atomic E-state index is 0.0555. The zero-order valence-electron chi connectivity index (χ0n) is 19.0. The Morgan fingerprint density at radius 3 is 1.26 bits per heavy atom. The van der Waals surface area contributed by atoms with Crippen molar-refractivity contribution in [1.29, 1.82) is 0 Å². The first-order valence-electron chi connectivity index (χ1n) is 10.2. The van der Waals surface area contributed by atoms with E-state index in [1.807, 2.05) is 0 Å². The van der Waals surface area contributed by atoms with Gasteiger partial charge < -0.3 is 4.74 Å². The van der Waals surface area contributed by atoms with Gasteiger partial charge in [0.2, 0.25) is 0 Å². The summed E-state index contributed by atoms with van der Waals surface area (Å²) in [5.74, 6) is 0. The fraction of sp³-hybridized carbons (Fsp3) is 0.538. The van der Waals surface area contributed by atoms with E-state index in [0.717, 1.165) is 0 Å². The summed E-state index contributed by atoms with van der Waals surface area (Å²) in [6.45, 7) is 22.3. The van der Waals surface area contributed by atoms with Crippen molar-refractivity contribution in [3.63, 3.8) is 0 Å². The molecule has 0 spiro atoms. The average molecular weight is 367 g/mol. The normalized spacial score (nSPS) is 14.9. The SMILES string of the molecule is Cc1ccc(C(C)(C)C)cc1C(C)OC(C)c1cc(C(C)(C)C)ccc1C. The number of benzene rings is 2. The van der Waals surface area contributed by atoms with Crippen LogP contribution in [0.1, 0.15) is 101 Å². The van der Waals surface area contributed by atoms with Gasteiger partial charge in [0.15, 0.2) is 0 Å². The molecule has 1 heteroatoms. The third-order valence-corrected chi connectivity index (χ3v) is 5.57. The van der Waals surface area contributed by atoms with Gasteiger partial charge in [-0.3, -0.25) is 0 Å². The Labute approximate surface area is 167 Å². The van der Waals surface area contributed by atoms with Crippen LogP contribution < -0.4 is 0 Å². The topological polar surface area (TPSA) is 9.23 Å². The van der Waals surface area contributed by atoms with Crippen molar-refractivity contribution in [3.05, 3.63) is 69.8 Å². The molecule has 2 atom stereocenters. The summed E-state index contributed by atoms with van der Waals surface area (Å²) < 4.78 is 6.52. The lowest BCUT2D eigenvalue weighted by atomic mass is 9.84. The molecule has 0 fully saturated rings. The lowest BCUT2D eigenvalue weighted by molar-refractivity contribution is 0.00511. The van der Waals surface area contributed by atoms with Crippen molar-refractivity contribution >= 4 is 0 Å². The second-order valence-corrected chi connectivity index (χ2v) is 10.1. The highest BCUT2D eigenvalue weighted by Crippen LogP contribution is 2.34. The van der Waals surface area contributed by atoms with Crippen LogP contribution in [0.15, 0.2) is 36.4 Å². The van der Waals surface area contributed by atoms with Crippen molar-refractivity contribution in [3.8, 4) is 0 Å². The first-order chi connectivity index (χ1) is 12.3. The van der Waals surface area contributed by atoms with Crippen LogP contribution in [0.25, 0.3) is 0 Å². The quantitative estimate of drug-likeness (QED) is 0.537. The average Bonchev–Trinajstić information content (AvgIpc) is 2.53. The van der Waals surface area contributed by atoms with Gasteiger partial charge in [0, 0.05) is 0 Å². The Hall–Kier alpha value is -1.60. The highest BCUT2D eigenvalue weighted by atomic mass is 16.5. The van der Waals surface area contributed by atoms with E-state index in [-0.39, 0.29) is 23.0 Å². The summed E-state index contributed by atoms with van der Waals surface area (Å²) in [7, 11) is 0. The summed E-state index contributed by atoms with van der Waals surface area (Å²) in [6.07, 6.45) is 0.111. The molecule has 0 aromatic heterocycles. The predicted molar refractivity (Wildman–Crippen MR) is 118 cm³/mol. The number of rotatable bonds is 4. The van der Waals surface area contributed by atoms with E-state index in [0.29, 0.717) is 0 Å². The summed E-state index contributed by atoms with van der Waals surface area (Å²) in [5.41, 5.74) is 8.18. The van der Waals surface area contributed by atoms with Gasteiger partial charge in [-0.1, -0.05) is 77.9 Å². The number of aryl methyl sites for hydroxylation is 2. The molecule has 2 rings (SSSR count). The van der Waals surface area contributed by atoms with Crippen molar-refractivity contribution in [2.24, 2.45) is 0 Å². The van der Waals surface area contributed by atoms with Crippen LogP contribution >= 0.6 is 0 Å². The number of ether oxygens (including phenoxy) is 1. The first kappa shape index (κ1) is 21.7. The van der Waals surface area contributed by atoms with Gasteiger partial charge in [0.05, 0.1) is 12.2 Å². The molecule has 1 nitrogen and oxygen atoms in total. The van der Waals surface area contributed by atoms with Crippen LogP contribution in [0.4, 0.5) is 0 Å². The fourth-order valence-electron chi connectivity index (χ4n) is 3.54. The summed E-state index contributed by atoms with van der Waals surface area (Å²) in [5, 5.41) is 0. The molecular formula is C26H38O. The molecule has 0 saturated carbocycles. The zero-order valence-corrected chi connectivity index (χ0v) is 19.0. The predicted octanol–water partition coefficient (Wildman–Crippen LogP) is 7.74. The van der Waals surface area contributed by atoms with Crippen molar-refractivity contribution in [1.82, 2.24) is 0 Å². The van der Waals surface area contributed by atoms with E-state index in [1.165, 1.54) is 33.4 Å². The molecule has 2 aromatic carbocycles. The van der Waals surface area contributed by atoms with Crippen LogP contribution in [-0.4, -0.2) is 0 Å². The van der Waals surface area contributed by atoms with Crippen LogP contribution in [0.2, 0.25) is 0 Å². The minimum Gasteiger partial charge on any atom is -0.366 e. The second-order valence-electron chi connectivity index (χ2n) is 10.1. The van der Waals surface area contributed by atoms with Crippen molar-refractivity contribution in [2.75, 3.05) is 0 Å². The molecule has 0 aliphatic carbocycles. The molecule has 2 unspecified atom stereocenters. The van der Waals surface area contributed by atoms with Crippen molar-refractivity contribution in [2.45, 2.75) is 92.3 Å². The zero-order chi connectivity index (χ0) is 20.6. The van der Waals surface area contributed by atoms with Crippen LogP contribution in [0.3, 0.4) is 0 Å². The third kappa shape index (κ3) is 5.23. The first-order valence-corrected chi connectivity index (χ1v) is 10.2. The molecule has 0 aliphatic heterocycles. The van der Waals surface area contributed by atoms with Gasteiger partial charge in [0.1, 0.15) is 0 Å². The Morgan fingerprint density at radius 1 is 0.630 bits per heavy atom. The molecular weight excluding hydrogens is 328 g/mol. The Bertz CT molecular complexity index is 719. The molecule has 27 heavy (non-hydrogen) atoms. The van der Waals surface area contributed by atoms with Gasteiger partial charge in [0.25, 0.3) is 0 Å². The van der Waals surface area contributed by atoms with Crippen LogP contribution in [-0.2, 0) is 15.6 Å².